The van der Waals surface area contributed by atoms with Crippen LogP contribution in [-0.2, 0) is 11.2 Å². The summed E-state index contributed by atoms with van der Waals surface area (Å²) in [4.78, 5) is 11.4. The van der Waals surface area contributed by atoms with E-state index in [-0.39, 0.29) is 17.2 Å². The Hall–Kier alpha value is -1.31. The van der Waals surface area contributed by atoms with E-state index >= 15 is 0 Å². The van der Waals surface area contributed by atoms with Crippen LogP contribution in [0, 0.1) is 11.3 Å². The van der Waals surface area contributed by atoms with E-state index in [1.165, 1.54) is 0 Å². The quantitative estimate of drug-likeness (QED) is 0.783. The van der Waals surface area contributed by atoms with Crippen LogP contribution in [0.1, 0.15) is 25.0 Å². The molecule has 0 aliphatic rings. The van der Waals surface area contributed by atoms with E-state index < -0.39 is 0 Å². The van der Waals surface area contributed by atoms with Gasteiger partial charge in [-0.3, -0.25) is 4.79 Å². The molecule has 0 radical (unpaired) electrons. The summed E-state index contributed by atoms with van der Waals surface area (Å²) in [6, 6.07) is 9.25. The van der Waals surface area contributed by atoms with Gasteiger partial charge >= 0.3 is 0 Å². The van der Waals surface area contributed by atoms with Crippen molar-refractivity contribution in [2.75, 3.05) is 0 Å². The number of carbonyl (C=O) groups excluding carboxylic acids is 1. The zero-order valence-corrected chi connectivity index (χ0v) is 10.9. The normalized spacial score (nSPS) is 12.2. The zero-order valence-electron chi connectivity index (χ0n) is 9.97. The third kappa shape index (κ3) is 4.59. The summed E-state index contributed by atoms with van der Waals surface area (Å²) in [5.74, 6) is 0. The van der Waals surface area contributed by atoms with Gasteiger partial charge in [0.2, 0.25) is 5.12 Å². The molecule has 4 heteroatoms. The molecule has 0 heterocycles. The van der Waals surface area contributed by atoms with Gasteiger partial charge in [0.1, 0.15) is 0 Å². The summed E-state index contributed by atoms with van der Waals surface area (Å²) in [7, 11) is 0. The van der Waals surface area contributed by atoms with Gasteiger partial charge in [-0.25, -0.2) is 0 Å². The number of carbonyl (C=O) groups is 1. The fourth-order valence-electron chi connectivity index (χ4n) is 1.57. The maximum atomic E-state index is 11.4. The third-order valence-corrected chi connectivity index (χ3v) is 2.67. The molecule has 90 valence electrons. The fourth-order valence-corrected chi connectivity index (χ4v) is 1.74. The minimum absolute atomic E-state index is 0.164. The van der Waals surface area contributed by atoms with Crippen molar-refractivity contribution in [3.8, 4) is 6.07 Å². The molecule has 3 nitrogen and oxygen atoms in total. The van der Waals surface area contributed by atoms with Gasteiger partial charge in [-0.2, -0.15) is 5.26 Å². The largest absolute Gasteiger partial charge is 0.304 e. The first kappa shape index (κ1) is 13.8. The van der Waals surface area contributed by atoms with Crippen LogP contribution in [0.2, 0.25) is 0 Å². The number of benzene rings is 1. The lowest BCUT2D eigenvalue weighted by Gasteiger charge is -2.18. The SMILES string of the molecule is CC(C)N[C@@H](Cc1ccc(C#N)cc1)C(=O)S. The molecule has 1 aromatic rings. The van der Waals surface area contributed by atoms with Crippen LogP contribution < -0.4 is 5.32 Å². The lowest BCUT2D eigenvalue weighted by molar-refractivity contribution is -0.112. The van der Waals surface area contributed by atoms with E-state index in [0.717, 1.165) is 5.56 Å². The Bertz CT molecular complexity index is 420. The summed E-state index contributed by atoms with van der Waals surface area (Å²) >= 11 is 3.88. The molecule has 1 rings (SSSR count). The highest BCUT2D eigenvalue weighted by Gasteiger charge is 2.16. The average Bonchev–Trinajstić information content (AvgIpc) is 2.28. The molecule has 0 aliphatic carbocycles. The van der Waals surface area contributed by atoms with Crippen LogP contribution in [0.3, 0.4) is 0 Å². The standard InChI is InChI=1S/C13H16N2OS/c1-9(2)15-12(13(16)17)7-10-3-5-11(8-14)6-4-10/h3-6,9,12,15H,7H2,1-2H3,(H,16,17)/t12-/m0/s1. The van der Waals surface area contributed by atoms with E-state index in [9.17, 15) is 4.79 Å². The molecule has 0 fully saturated rings. The Morgan fingerprint density at radius 2 is 2.00 bits per heavy atom. The molecule has 0 saturated heterocycles. The second-order valence-corrected chi connectivity index (χ2v) is 4.67. The number of hydrogen-bond acceptors (Lipinski definition) is 3. The van der Waals surface area contributed by atoms with Crippen molar-refractivity contribution < 1.29 is 4.79 Å². The second-order valence-electron chi connectivity index (χ2n) is 4.23. The Labute approximate surface area is 107 Å². The third-order valence-electron chi connectivity index (χ3n) is 2.36. The molecule has 0 bridgehead atoms. The van der Waals surface area contributed by atoms with Crippen LogP contribution in [0.25, 0.3) is 0 Å². The van der Waals surface area contributed by atoms with Gasteiger partial charge in [0.05, 0.1) is 17.7 Å². The molecule has 0 unspecified atom stereocenters. The summed E-state index contributed by atoms with van der Waals surface area (Å²) in [6.07, 6.45) is 0.590. The van der Waals surface area contributed by atoms with Crippen LogP contribution in [0.5, 0.6) is 0 Å². The first-order valence-electron chi connectivity index (χ1n) is 5.51. The minimum atomic E-state index is -0.286. The molecule has 1 atom stereocenters. The Morgan fingerprint density at radius 1 is 1.41 bits per heavy atom. The Morgan fingerprint density at radius 3 is 2.41 bits per heavy atom. The smallest absolute Gasteiger partial charge is 0.203 e. The van der Waals surface area contributed by atoms with Crippen LogP contribution in [0.15, 0.2) is 24.3 Å². The van der Waals surface area contributed by atoms with Crippen molar-refractivity contribution in [3.05, 3.63) is 35.4 Å². The molecule has 1 aromatic carbocycles. The first-order chi connectivity index (χ1) is 8.02. The van der Waals surface area contributed by atoms with Gasteiger partial charge in [-0.1, -0.05) is 26.0 Å². The van der Waals surface area contributed by atoms with Gasteiger partial charge in [0, 0.05) is 6.04 Å². The molecular weight excluding hydrogens is 232 g/mol. The van der Waals surface area contributed by atoms with E-state index in [0.29, 0.717) is 12.0 Å². The molecule has 0 aromatic heterocycles. The maximum Gasteiger partial charge on any atom is 0.203 e. The van der Waals surface area contributed by atoms with E-state index in [2.05, 4.69) is 24.0 Å². The molecule has 0 amide bonds. The topological polar surface area (TPSA) is 52.9 Å². The minimum Gasteiger partial charge on any atom is -0.304 e. The lowest BCUT2D eigenvalue weighted by Crippen LogP contribution is -2.40. The second kappa shape index (κ2) is 6.43. The average molecular weight is 248 g/mol. The number of nitrogens with one attached hydrogen (secondary N) is 1. The predicted molar refractivity (Wildman–Crippen MR) is 70.9 cm³/mol. The molecule has 1 N–H and O–H groups in total. The van der Waals surface area contributed by atoms with Crippen molar-refractivity contribution in [3.63, 3.8) is 0 Å². The van der Waals surface area contributed by atoms with Crippen LogP contribution in [-0.4, -0.2) is 17.2 Å². The van der Waals surface area contributed by atoms with E-state index in [1.807, 2.05) is 26.0 Å². The summed E-state index contributed by atoms with van der Waals surface area (Å²) in [5.41, 5.74) is 1.64. The van der Waals surface area contributed by atoms with Crippen molar-refractivity contribution >= 4 is 17.7 Å². The molecule has 0 spiro atoms. The highest BCUT2D eigenvalue weighted by atomic mass is 32.1. The Balaban J connectivity index is 2.72. The van der Waals surface area contributed by atoms with E-state index in [1.54, 1.807) is 12.1 Å². The monoisotopic (exact) mass is 248 g/mol. The van der Waals surface area contributed by atoms with Gasteiger partial charge in [-0.15, -0.1) is 12.6 Å². The van der Waals surface area contributed by atoms with Crippen LogP contribution >= 0.6 is 12.6 Å². The Kier molecular flexibility index (Phi) is 5.20. The molecule has 0 saturated carbocycles. The lowest BCUT2D eigenvalue weighted by atomic mass is 10.0. The molecule has 0 aliphatic heterocycles. The summed E-state index contributed by atoms with van der Waals surface area (Å²) in [6.45, 7) is 3.98. The van der Waals surface area contributed by atoms with Crippen molar-refractivity contribution in [1.82, 2.24) is 5.32 Å². The number of nitriles is 1. The van der Waals surface area contributed by atoms with E-state index in [4.69, 9.17) is 5.26 Å². The number of hydrogen-bond donors (Lipinski definition) is 2. The van der Waals surface area contributed by atoms with Crippen molar-refractivity contribution in [2.45, 2.75) is 32.4 Å². The number of nitrogens with zero attached hydrogens (tertiary/aromatic N) is 1. The predicted octanol–water partition coefficient (Wildman–Crippen LogP) is 1.92. The van der Waals surface area contributed by atoms with Crippen LogP contribution in [0.4, 0.5) is 0 Å². The molecular formula is C13H16N2OS. The van der Waals surface area contributed by atoms with Crippen molar-refractivity contribution in [2.24, 2.45) is 0 Å². The van der Waals surface area contributed by atoms with Gasteiger partial charge < -0.3 is 5.32 Å². The fraction of sp³-hybridized carbons (Fsp3) is 0.385. The maximum absolute atomic E-state index is 11.4. The van der Waals surface area contributed by atoms with Gasteiger partial charge in [-0.05, 0) is 24.1 Å². The number of rotatable bonds is 5. The molecule has 17 heavy (non-hydrogen) atoms. The zero-order chi connectivity index (χ0) is 12.8. The summed E-state index contributed by atoms with van der Waals surface area (Å²) < 4.78 is 0. The van der Waals surface area contributed by atoms with Gasteiger partial charge in [0.15, 0.2) is 0 Å². The van der Waals surface area contributed by atoms with Crippen molar-refractivity contribution in [1.29, 1.82) is 5.26 Å². The first-order valence-corrected chi connectivity index (χ1v) is 5.95. The summed E-state index contributed by atoms with van der Waals surface area (Å²) in [5, 5.41) is 11.7. The number of thiol groups is 1. The van der Waals surface area contributed by atoms with Gasteiger partial charge in [0.25, 0.3) is 0 Å². The highest BCUT2D eigenvalue weighted by Crippen LogP contribution is 2.08. The highest BCUT2D eigenvalue weighted by molar-refractivity contribution is 7.96.